The Balaban J connectivity index is 1.97. The van der Waals surface area contributed by atoms with Gasteiger partial charge in [0.05, 0.1) is 24.8 Å². The number of halogens is 2. The summed E-state index contributed by atoms with van der Waals surface area (Å²) in [7, 11) is 1.43. The van der Waals surface area contributed by atoms with Crippen LogP contribution in [0.2, 0.25) is 5.02 Å². The number of nitriles is 1. The summed E-state index contributed by atoms with van der Waals surface area (Å²) in [5, 5.41) is 9.86. The predicted molar refractivity (Wildman–Crippen MR) is 132 cm³/mol. The second-order valence-corrected chi connectivity index (χ2v) is 8.34. The number of esters is 2. The third-order valence-electron chi connectivity index (χ3n) is 4.69. The zero-order valence-corrected chi connectivity index (χ0v) is 21.7. The van der Waals surface area contributed by atoms with E-state index in [1.54, 1.807) is 19.1 Å². The van der Waals surface area contributed by atoms with Crippen LogP contribution in [0, 0.1) is 25.2 Å². The van der Waals surface area contributed by atoms with Gasteiger partial charge in [-0.25, -0.2) is 4.79 Å². The third-order valence-corrected chi connectivity index (χ3v) is 6.26. The Hall–Kier alpha value is -3.02. The number of hydrogen-bond donors (Lipinski definition) is 0. The zero-order valence-electron chi connectivity index (χ0n) is 19.4. The average molecular weight is 551 g/mol. The lowest BCUT2D eigenvalue weighted by molar-refractivity contribution is -0.138. The van der Waals surface area contributed by atoms with Crippen molar-refractivity contribution in [2.75, 3.05) is 20.3 Å². The Morgan fingerprint density at radius 2 is 1.91 bits per heavy atom. The standard InChI is InChI=1S/C25H25BrClNO6/c1-5-32-25(30)18(14-28)12-17-8-9-19(20(13-17)31-4)34-22(29)7-6-10-33-21-11-15(2)24(27)16(3)23(21)26/h8-9,11-13H,5-7,10H2,1-4H3/b18-12+. The highest BCUT2D eigenvalue weighted by molar-refractivity contribution is 9.10. The molecule has 2 aromatic carbocycles. The molecule has 0 aromatic heterocycles. The van der Waals surface area contributed by atoms with Crippen LogP contribution < -0.4 is 14.2 Å². The van der Waals surface area contributed by atoms with Crippen LogP contribution in [0.5, 0.6) is 17.2 Å². The quantitative estimate of drug-likeness (QED) is 0.118. The Kier molecular flexibility index (Phi) is 10.4. The van der Waals surface area contributed by atoms with Crippen molar-refractivity contribution in [2.45, 2.75) is 33.6 Å². The highest BCUT2D eigenvalue weighted by Crippen LogP contribution is 2.36. The molecule has 0 radical (unpaired) electrons. The number of carbonyl (C=O) groups excluding carboxylic acids is 2. The number of ether oxygens (including phenoxy) is 4. The lowest BCUT2D eigenvalue weighted by Gasteiger charge is -2.13. The lowest BCUT2D eigenvalue weighted by atomic mass is 10.1. The molecule has 0 fully saturated rings. The molecule has 0 bridgehead atoms. The molecule has 0 aliphatic rings. The molecule has 0 aliphatic carbocycles. The van der Waals surface area contributed by atoms with Crippen molar-refractivity contribution in [3.8, 4) is 23.3 Å². The van der Waals surface area contributed by atoms with E-state index in [0.717, 1.165) is 15.6 Å². The van der Waals surface area contributed by atoms with Crippen LogP contribution in [0.3, 0.4) is 0 Å². The summed E-state index contributed by atoms with van der Waals surface area (Å²) in [4.78, 5) is 24.1. The molecule has 180 valence electrons. The molecule has 0 heterocycles. The molecule has 0 amide bonds. The fraction of sp³-hybridized carbons (Fsp3) is 0.320. The molecule has 2 aromatic rings. The first-order valence-corrected chi connectivity index (χ1v) is 11.6. The normalized spacial score (nSPS) is 10.9. The summed E-state index contributed by atoms with van der Waals surface area (Å²) in [6.07, 6.45) is 1.96. The van der Waals surface area contributed by atoms with Crippen LogP contribution in [0.4, 0.5) is 0 Å². The van der Waals surface area contributed by atoms with Gasteiger partial charge >= 0.3 is 11.9 Å². The highest BCUT2D eigenvalue weighted by Gasteiger charge is 2.14. The largest absolute Gasteiger partial charge is 0.493 e. The van der Waals surface area contributed by atoms with Crippen molar-refractivity contribution in [1.29, 1.82) is 5.26 Å². The Bertz CT molecular complexity index is 1140. The van der Waals surface area contributed by atoms with Crippen LogP contribution in [0.25, 0.3) is 6.08 Å². The van der Waals surface area contributed by atoms with Gasteiger partial charge in [0.1, 0.15) is 17.4 Å². The van der Waals surface area contributed by atoms with Crippen LogP contribution >= 0.6 is 27.5 Å². The van der Waals surface area contributed by atoms with E-state index in [2.05, 4.69) is 15.9 Å². The molecule has 7 nitrogen and oxygen atoms in total. The van der Waals surface area contributed by atoms with E-state index < -0.39 is 11.9 Å². The van der Waals surface area contributed by atoms with Crippen LogP contribution in [0.15, 0.2) is 34.3 Å². The van der Waals surface area contributed by atoms with Crippen LogP contribution in [0.1, 0.15) is 36.5 Å². The number of benzene rings is 2. The zero-order chi connectivity index (χ0) is 25.3. The number of methoxy groups -OCH3 is 1. The Morgan fingerprint density at radius 1 is 1.18 bits per heavy atom. The lowest BCUT2D eigenvalue weighted by Crippen LogP contribution is -2.11. The van der Waals surface area contributed by atoms with E-state index in [-0.39, 0.29) is 30.1 Å². The van der Waals surface area contributed by atoms with E-state index in [1.807, 2.05) is 26.0 Å². The molecular formula is C25H25BrClNO6. The molecule has 9 heteroatoms. The molecule has 2 rings (SSSR count). The summed E-state index contributed by atoms with van der Waals surface area (Å²) in [6, 6.07) is 8.36. The molecule has 0 saturated carbocycles. The average Bonchev–Trinajstić information content (AvgIpc) is 2.82. The van der Waals surface area contributed by atoms with E-state index in [4.69, 9.17) is 30.5 Å². The number of nitrogens with zero attached hydrogens (tertiary/aromatic N) is 1. The second-order valence-electron chi connectivity index (χ2n) is 7.17. The van der Waals surface area contributed by atoms with Crippen LogP contribution in [-0.4, -0.2) is 32.3 Å². The fourth-order valence-corrected chi connectivity index (χ4v) is 3.64. The maximum Gasteiger partial charge on any atom is 0.348 e. The van der Waals surface area contributed by atoms with Crippen molar-refractivity contribution < 1.29 is 28.5 Å². The SMILES string of the molecule is CCOC(=O)/C(C#N)=C/c1ccc(OC(=O)CCCOc2cc(C)c(Cl)c(C)c2Br)c(OC)c1. The first kappa shape index (κ1) is 27.2. The van der Waals surface area contributed by atoms with Gasteiger partial charge in [0.15, 0.2) is 11.5 Å². The van der Waals surface area contributed by atoms with Crippen molar-refractivity contribution in [1.82, 2.24) is 0 Å². The number of aryl methyl sites for hydroxylation is 1. The minimum atomic E-state index is -0.711. The van der Waals surface area contributed by atoms with Crippen molar-refractivity contribution in [2.24, 2.45) is 0 Å². The molecule has 0 atom stereocenters. The molecule has 34 heavy (non-hydrogen) atoms. The van der Waals surface area contributed by atoms with Crippen molar-refractivity contribution >= 4 is 45.5 Å². The second kappa shape index (κ2) is 13.0. The molecule has 0 aliphatic heterocycles. The summed E-state index contributed by atoms with van der Waals surface area (Å²) < 4.78 is 22.1. The molecule has 0 spiro atoms. The molecule has 0 N–H and O–H groups in total. The van der Waals surface area contributed by atoms with Crippen molar-refractivity contribution in [3.05, 3.63) is 56.0 Å². The molecule has 0 saturated heterocycles. The van der Waals surface area contributed by atoms with Gasteiger partial charge in [0.2, 0.25) is 0 Å². The van der Waals surface area contributed by atoms with Gasteiger partial charge < -0.3 is 18.9 Å². The Morgan fingerprint density at radius 3 is 2.56 bits per heavy atom. The first-order valence-electron chi connectivity index (χ1n) is 10.5. The summed E-state index contributed by atoms with van der Waals surface area (Å²) in [5.41, 5.74) is 2.18. The van der Waals surface area contributed by atoms with Gasteiger partial charge in [-0.05, 0) is 84.1 Å². The summed E-state index contributed by atoms with van der Waals surface area (Å²) >= 11 is 9.72. The maximum absolute atomic E-state index is 12.3. The van der Waals surface area contributed by atoms with Gasteiger partial charge in [-0.2, -0.15) is 5.26 Å². The predicted octanol–water partition coefficient (Wildman–Crippen LogP) is 5.96. The maximum atomic E-state index is 12.3. The van der Waals surface area contributed by atoms with Crippen LogP contribution in [-0.2, 0) is 14.3 Å². The minimum absolute atomic E-state index is 0.134. The first-order chi connectivity index (χ1) is 16.2. The van der Waals surface area contributed by atoms with Gasteiger partial charge in [0.25, 0.3) is 0 Å². The smallest absolute Gasteiger partial charge is 0.348 e. The van der Waals surface area contributed by atoms with Gasteiger partial charge in [0, 0.05) is 11.4 Å². The summed E-state index contributed by atoms with van der Waals surface area (Å²) in [5.74, 6) is 0.0229. The number of rotatable bonds is 10. The number of carbonyl (C=O) groups is 2. The summed E-state index contributed by atoms with van der Waals surface area (Å²) in [6.45, 7) is 5.94. The topological polar surface area (TPSA) is 94.9 Å². The number of hydrogen-bond acceptors (Lipinski definition) is 7. The highest BCUT2D eigenvalue weighted by atomic mass is 79.9. The Labute approximate surface area is 212 Å². The van der Waals surface area contributed by atoms with E-state index >= 15 is 0 Å². The third kappa shape index (κ3) is 7.24. The molecular weight excluding hydrogens is 526 g/mol. The van der Waals surface area contributed by atoms with Gasteiger partial charge in [-0.15, -0.1) is 0 Å². The van der Waals surface area contributed by atoms with Crippen molar-refractivity contribution in [3.63, 3.8) is 0 Å². The van der Waals surface area contributed by atoms with Gasteiger partial charge in [-0.3, -0.25) is 4.79 Å². The molecule has 0 unspecified atom stereocenters. The fourth-order valence-electron chi connectivity index (χ4n) is 2.95. The van der Waals surface area contributed by atoms with E-state index in [0.29, 0.717) is 29.4 Å². The van der Waals surface area contributed by atoms with E-state index in [9.17, 15) is 14.9 Å². The minimum Gasteiger partial charge on any atom is -0.493 e. The monoisotopic (exact) mass is 549 g/mol. The van der Waals surface area contributed by atoms with E-state index in [1.165, 1.54) is 19.3 Å². The van der Waals surface area contributed by atoms with Gasteiger partial charge in [-0.1, -0.05) is 17.7 Å².